The first-order valence-electron chi connectivity index (χ1n) is 7.94. The van der Waals surface area contributed by atoms with Gasteiger partial charge in [0.1, 0.15) is 4.90 Å². The second kappa shape index (κ2) is 7.53. The Morgan fingerprint density at radius 1 is 1.28 bits per heavy atom. The molecule has 1 aliphatic heterocycles. The van der Waals surface area contributed by atoms with Gasteiger partial charge in [0, 0.05) is 31.0 Å². The molecule has 1 N–H and O–H groups in total. The third-order valence-corrected chi connectivity index (χ3v) is 6.43. The number of sulfonamides is 1. The van der Waals surface area contributed by atoms with Crippen molar-refractivity contribution in [3.63, 3.8) is 0 Å². The number of ether oxygens (including phenoxy) is 1. The van der Waals surface area contributed by atoms with Crippen molar-refractivity contribution in [3.8, 4) is 0 Å². The summed E-state index contributed by atoms with van der Waals surface area (Å²) in [4.78, 5) is -0.00625. The Labute approximate surface area is 157 Å². The maximum atomic E-state index is 12.6. The summed E-state index contributed by atoms with van der Waals surface area (Å²) in [5, 5.41) is 4.74. The van der Waals surface area contributed by atoms with Crippen LogP contribution in [0.5, 0.6) is 0 Å². The van der Waals surface area contributed by atoms with E-state index in [1.54, 1.807) is 17.8 Å². The van der Waals surface area contributed by atoms with E-state index >= 15 is 0 Å². The summed E-state index contributed by atoms with van der Waals surface area (Å²) in [6.45, 7) is 4.00. The molecule has 0 bridgehead atoms. The molecule has 136 valence electrons. The van der Waals surface area contributed by atoms with E-state index in [2.05, 4.69) is 9.82 Å². The molecule has 0 spiro atoms. The predicted octanol–water partition coefficient (Wildman–Crippen LogP) is 3.73. The van der Waals surface area contributed by atoms with Crippen molar-refractivity contribution in [2.45, 2.75) is 31.2 Å². The number of halogens is 2. The van der Waals surface area contributed by atoms with Crippen molar-refractivity contribution in [1.82, 2.24) is 9.78 Å². The van der Waals surface area contributed by atoms with Gasteiger partial charge in [0.2, 0.25) is 0 Å². The molecular weight excluding hydrogens is 385 g/mol. The highest BCUT2D eigenvalue weighted by Crippen LogP contribution is 2.29. The zero-order valence-corrected chi connectivity index (χ0v) is 16.0. The van der Waals surface area contributed by atoms with Gasteiger partial charge in [-0.15, -0.1) is 0 Å². The van der Waals surface area contributed by atoms with Crippen LogP contribution >= 0.6 is 23.2 Å². The zero-order valence-electron chi connectivity index (χ0n) is 13.7. The minimum Gasteiger partial charge on any atom is -0.381 e. The molecule has 1 aliphatic rings. The van der Waals surface area contributed by atoms with Crippen LogP contribution in [0, 0.1) is 12.8 Å². The van der Waals surface area contributed by atoms with Gasteiger partial charge in [-0.05, 0) is 43.4 Å². The lowest BCUT2D eigenvalue weighted by molar-refractivity contribution is 0.0601. The standard InChI is InChI=1S/C16H19Cl2N3O3S/c1-11-6-16(15(18)7-14(11)17)25(22,23)20-13-8-19-21(10-13)9-12-2-4-24-5-3-12/h6-8,10,12,20H,2-5,9H2,1H3. The third-order valence-electron chi connectivity index (χ3n) is 4.17. The lowest BCUT2D eigenvalue weighted by Gasteiger charge is -2.21. The smallest absolute Gasteiger partial charge is 0.263 e. The Morgan fingerprint density at radius 3 is 2.72 bits per heavy atom. The van der Waals surface area contributed by atoms with Gasteiger partial charge >= 0.3 is 0 Å². The largest absolute Gasteiger partial charge is 0.381 e. The molecule has 1 aromatic carbocycles. The molecule has 1 aromatic heterocycles. The maximum absolute atomic E-state index is 12.6. The van der Waals surface area contributed by atoms with E-state index in [-0.39, 0.29) is 9.92 Å². The number of aryl methyl sites for hydroxylation is 1. The van der Waals surface area contributed by atoms with Crippen LogP contribution in [0.2, 0.25) is 10.0 Å². The van der Waals surface area contributed by atoms with Crippen LogP contribution in [0.4, 0.5) is 5.69 Å². The molecule has 0 unspecified atom stereocenters. The first kappa shape index (κ1) is 18.5. The van der Waals surface area contributed by atoms with Crippen LogP contribution in [0.1, 0.15) is 18.4 Å². The number of aromatic nitrogens is 2. The number of hydrogen-bond donors (Lipinski definition) is 1. The molecule has 3 rings (SSSR count). The fourth-order valence-corrected chi connectivity index (χ4v) is 4.62. The number of nitrogens with one attached hydrogen (secondary N) is 1. The van der Waals surface area contributed by atoms with Gasteiger partial charge in [-0.2, -0.15) is 5.10 Å². The van der Waals surface area contributed by atoms with Crippen LogP contribution in [0.3, 0.4) is 0 Å². The van der Waals surface area contributed by atoms with Gasteiger partial charge in [-0.3, -0.25) is 9.40 Å². The molecule has 6 nitrogen and oxygen atoms in total. The summed E-state index contributed by atoms with van der Waals surface area (Å²) in [6.07, 6.45) is 5.15. The van der Waals surface area contributed by atoms with E-state index in [1.165, 1.54) is 18.3 Å². The van der Waals surface area contributed by atoms with E-state index < -0.39 is 10.0 Å². The van der Waals surface area contributed by atoms with Crippen molar-refractivity contribution < 1.29 is 13.2 Å². The first-order chi connectivity index (χ1) is 11.8. The van der Waals surface area contributed by atoms with E-state index in [1.807, 2.05) is 0 Å². The monoisotopic (exact) mass is 403 g/mol. The first-order valence-corrected chi connectivity index (χ1v) is 10.2. The SMILES string of the molecule is Cc1cc(S(=O)(=O)Nc2cnn(CC3CCOCC3)c2)c(Cl)cc1Cl. The lowest BCUT2D eigenvalue weighted by Crippen LogP contribution is -2.20. The molecule has 25 heavy (non-hydrogen) atoms. The molecule has 9 heteroatoms. The molecule has 0 saturated carbocycles. The van der Waals surface area contributed by atoms with Gasteiger partial charge in [-0.25, -0.2) is 8.42 Å². The van der Waals surface area contributed by atoms with Crippen LogP contribution < -0.4 is 4.72 Å². The second-order valence-electron chi connectivity index (χ2n) is 6.14. The van der Waals surface area contributed by atoms with E-state index in [4.69, 9.17) is 27.9 Å². The van der Waals surface area contributed by atoms with Gasteiger partial charge in [-0.1, -0.05) is 23.2 Å². The van der Waals surface area contributed by atoms with Gasteiger partial charge in [0.25, 0.3) is 10.0 Å². The maximum Gasteiger partial charge on any atom is 0.263 e. The molecule has 0 radical (unpaired) electrons. The van der Waals surface area contributed by atoms with Crippen molar-refractivity contribution >= 4 is 38.9 Å². The summed E-state index contributed by atoms with van der Waals surface area (Å²) in [6, 6.07) is 2.89. The molecule has 2 aromatic rings. The van der Waals surface area contributed by atoms with Crippen LogP contribution in [0.15, 0.2) is 29.4 Å². The molecule has 0 aliphatic carbocycles. The summed E-state index contributed by atoms with van der Waals surface area (Å²) >= 11 is 12.0. The van der Waals surface area contributed by atoms with Crippen molar-refractivity contribution in [1.29, 1.82) is 0 Å². The number of rotatable bonds is 5. The van der Waals surface area contributed by atoms with E-state index in [9.17, 15) is 8.42 Å². The minimum absolute atomic E-state index is 0.00625. The topological polar surface area (TPSA) is 73.2 Å². The Bertz CT molecular complexity index is 862. The van der Waals surface area contributed by atoms with Gasteiger partial charge < -0.3 is 4.74 Å². The Morgan fingerprint density at radius 2 is 2.00 bits per heavy atom. The normalized spacial score (nSPS) is 16.1. The summed E-state index contributed by atoms with van der Waals surface area (Å²) in [5.74, 6) is 0.492. The average Bonchev–Trinajstić information content (AvgIpc) is 2.98. The highest BCUT2D eigenvalue weighted by molar-refractivity contribution is 7.92. The number of benzene rings is 1. The highest BCUT2D eigenvalue weighted by Gasteiger charge is 2.21. The van der Waals surface area contributed by atoms with E-state index in [0.717, 1.165) is 32.6 Å². The summed E-state index contributed by atoms with van der Waals surface area (Å²) < 4.78 is 34.8. The van der Waals surface area contributed by atoms with Crippen molar-refractivity contribution in [3.05, 3.63) is 40.1 Å². The molecule has 2 heterocycles. The fourth-order valence-electron chi connectivity index (χ4n) is 2.76. The molecule has 0 atom stereocenters. The quantitative estimate of drug-likeness (QED) is 0.824. The van der Waals surface area contributed by atoms with Gasteiger partial charge in [0.15, 0.2) is 0 Å². The Kier molecular flexibility index (Phi) is 5.58. The molecule has 0 amide bonds. The molecule has 1 saturated heterocycles. The van der Waals surface area contributed by atoms with E-state index in [0.29, 0.717) is 22.2 Å². The van der Waals surface area contributed by atoms with Crippen LogP contribution in [0.25, 0.3) is 0 Å². The van der Waals surface area contributed by atoms with Gasteiger partial charge in [0.05, 0.1) is 16.9 Å². The third kappa shape index (κ3) is 4.47. The number of anilines is 1. The minimum atomic E-state index is -3.82. The van der Waals surface area contributed by atoms with Crippen molar-refractivity contribution in [2.75, 3.05) is 17.9 Å². The van der Waals surface area contributed by atoms with Crippen LogP contribution in [-0.4, -0.2) is 31.4 Å². The number of nitrogens with zero attached hydrogens (tertiary/aromatic N) is 2. The molecular formula is C16H19Cl2N3O3S. The van der Waals surface area contributed by atoms with Crippen LogP contribution in [-0.2, 0) is 21.3 Å². The lowest BCUT2D eigenvalue weighted by atomic mass is 10.0. The second-order valence-corrected chi connectivity index (χ2v) is 8.61. The Balaban J connectivity index is 1.74. The average molecular weight is 404 g/mol. The zero-order chi connectivity index (χ0) is 18.0. The summed E-state index contributed by atoms with van der Waals surface area (Å²) in [7, 11) is -3.82. The Hall–Kier alpha value is -1.28. The summed E-state index contributed by atoms with van der Waals surface area (Å²) in [5.41, 5.74) is 1.04. The molecule has 1 fully saturated rings. The predicted molar refractivity (Wildman–Crippen MR) is 97.8 cm³/mol. The highest BCUT2D eigenvalue weighted by atomic mass is 35.5. The number of hydrogen-bond acceptors (Lipinski definition) is 4. The fraction of sp³-hybridized carbons (Fsp3) is 0.438. The van der Waals surface area contributed by atoms with Crippen molar-refractivity contribution in [2.24, 2.45) is 5.92 Å².